The maximum atomic E-state index is 12.7. The first-order chi connectivity index (χ1) is 10.8. The van der Waals surface area contributed by atoms with E-state index in [4.69, 9.17) is 0 Å². The van der Waals surface area contributed by atoms with Crippen molar-refractivity contribution in [2.75, 3.05) is 6.54 Å². The van der Waals surface area contributed by atoms with Gasteiger partial charge in [0.05, 0.1) is 0 Å². The number of alkyl halides is 3. The Bertz CT molecular complexity index is 677. The lowest BCUT2D eigenvalue weighted by atomic mass is 10.2. The molecule has 0 unspecified atom stereocenters. The standard InChI is InChI=1S/C15H15F4N3O/c1-10-9-13(15(17,18)19)21-22(10)8-2-7-20-14(23)11-3-5-12(16)6-4-11/h3-6,9H,2,7-8H2,1H3,(H,20,23). The minimum absolute atomic E-state index is 0.256. The van der Waals surface area contributed by atoms with E-state index in [1.807, 2.05) is 0 Å². The summed E-state index contributed by atoms with van der Waals surface area (Å²) >= 11 is 0. The van der Waals surface area contributed by atoms with Crippen molar-refractivity contribution in [1.82, 2.24) is 15.1 Å². The molecule has 4 nitrogen and oxygen atoms in total. The maximum Gasteiger partial charge on any atom is 0.435 e. The number of halogens is 4. The van der Waals surface area contributed by atoms with Crippen molar-refractivity contribution in [3.05, 3.63) is 53.1 Å². The second-order valence-corrected chi connectivity index (χ2v) is 5.01. The predicted octanol–water partition coefficient (Wildman–Crippen LogP) is 3.17. The van der Waals surface area contributed by atoms with Crippen molar-refractivity contribution >= 4 is 5.91 Å². The minimum Gasteiger partial charge on any atom is -0.352 e. The van der Waals surface area contributed by atoms with Crippen LogP contribution in [0.4, 0.5) is 17.6 Å². The van der Waals surface area contributed by atoms with Gasteiger partial charge in [-0.05, 0) is 43.7 Å². The maximum absolute atomic E-state index is 12.7. The van der Waals surface area contributed by atoms with Gasteiger partial charge in [-0.1, -0.05) is 0 Å². The van der Waals surface area contributed by atoms with Crippen LogP contribution in [-0.4, -0.2) is 22.2 Å². The Morgan fingerprint density at radius 1 is 1.26 bits per heavy atom. The van der Waals surface area contributed by atoms with E-state index < -0.39 is 17.7 Å². The molecule has 2 aromatic rings. The molecule has 0 saturated heterocycles. The number of aromatic nitrogens is 2. The van der Waals surface area contributed by atoms with Crippen LogP contribution < -0.4 is 5.32 Å². The van der Waals surface area contributed by atoms with Gasteiger partial charge in [0.1, 0.15) is 5.82 Å². The first-order valence-corrected chi connectivity index (χ1v) is 6.93. The van der Waals surface area contributed by atoms with E-state index in [1.165, 1.54) is 28.9 Å². The lowest BCUT2D eigenvalue weighted by Gasteiger charge is -2.07. The molecule has 1 N–H and O–H groups in total. The van der Waals surface area contributed by atoms with Crippen LogP contribution in [0.2, 0.25) is 0 Å². The van der Waals surface area contributed by atoms with E-state index in [0.29, 0.717) is 17.7 Å². The summed E-state index contributed by atoms with van der Waals surface area (Å²) in [6.45, 7) is 2.07. The first-order valence-electron chi connectivity index (χ1n) is 6.93. The highest BCUT2D eigenvalue weighted by molar-refractivity contribution is 5.94. The number of nitrogens with one attached hydrogen (secondary N) is 1. The van der Waals surface area contributed by atoms with E-state index >= 15 is 0 Å². The summed E-state index contributed by atoms with van der Waals surface area (Å²) in [7, 11) is 0. The van der Waals surface area contributed by atoms with Gasteiger partial charge in [-0.3, -0.25) is 9.48 Å². The van der Waals surface area contributed by atoms with Crippen molar-refractivity contribution in [3.8, 4) is 0 Å². The third kappa shape index (κ3) is 4.54. The summed E-state index contributed by atoms with van der Waals surface area (Å²) in [6.07, 6.45) is -4.04. The highest BCUT2D eigenvalue weighted by Crippen LogP contribution is 2.28. The summed E-state index contributed by atoms with van der Waals surface area (Å²) < 4.78 is 51.6. The zero-order chi connectivity index (χ0) is 17.0. The average molecular weight is 329 g/mol. The Morgan fingerprint density at radius 3 is 2.48 bits per heavy atom. The van der Waals surface area contributed by atoms with Gasteiger partial charge in [0.25, 0.3) is 5.91 Å². The Morgan fingerprint density at radius 2 is 1.91 bits per heavy atom. The van der Waals surface area contributed by atoms with Crippen molar-refractivity contribution in [2.24, 2.45) is 0 Å². The summed E-state index contributed by atoms with van der Waals surface area (Å²) in [6, 6.07) is 6.06. The second-order valence-electron chi connectivity index (χ2n) is 5.01. The smallest absolute Gasteiger partial charge is 0.352 e. The van der Waals surface area contributed by atoms with E-state index in [1.54, 1.807) is 6.92 Å². The normalized spacial score (nSPS) is 11.5. The lowest BCUT2D eigenvalue weighted by Crippen LogP contribution is -2.25. The van der Waals surface area contributed by atoms with Crippen molar-refractivity contribution in [1.29, 1.82) is 0 Å². The first kappa shape index (κ1) is 17.0. The molecule has 23 heavy (non-hydrogen) atoms. The number of aryl methyl sites for hydroxylation is 2. The fourth-order valence-corrected chi connectivity index (χ4v) is 2.01. The summed E-state index contributed by atoms with van der Waals surface area (Å²) in [5.74, 6) is -0.797. The van der Waals surface area contributed by atoms with Gasteiger partial charge in [-0.2, -0.15) is 18.3 Å². The van der Waals surface area contributed by atoms with Gasteiger partial charge >= 0.3 is 6.18 Å². The molecule has 0 aliphatic rings. The van der Waals surface area contributed by atoms with Gasteiger partial charge in [-0.25, -0.2) is 4.39 Å². The molecule has 1 aromatic carbocycles. The Hall–Kier alpha value is -2.38. The molecule has 8 heteroatoms. The van der Waals surface area contributed by atoms with Crippen LogP contribution in [0.5, 0.6) is 0 Å². The zero-order valence-electron chi connectivity index (χ0n) is 12.3. The third-order valence-corrected chi connectivity index (χ3v) is 3.21. The summed E-state index contributed by atoms with van der Waals surface area (Å²) in [4.78, 5) is 11.8. The van der Waals surface area contributed by atoms with Gasteiger partial charge in [0.15, 0.2) is 5.69 Å². The van der Waals surface area contributed by atoms with Gasteiger partial charge in [0, 0.05) is 24.3 Å². The largest absolute Gasteiger partial charge is 0.435 e. The van der Waals surface area contributed by atoms with E-state index in [2.05, 4.69) is 10.4 Å². The summed E-state index contributed by atoms with van der Waals surface area (Å²) in [5, 5.41) is 6.12. The predicted molar refractivity (Wildman–Crippen MR) is 75.3 cm³/mol. The highest BCUT2D eigenvalue weighted by Gasteiger charge is 2.34. The molecule has 1 amide bonds. The van der Waals surface area contributed by atoms with Crippen LogP contribution in [0.15, 0.2) is 30.3 Å². The van der Waals surface area contributed by atoms with E-state index in [-0.39, 0.29) is 19.0 Å². The molecule has 0 radical (unpaired) electrons. The highest BCUT2D eigenvalue weighted by atomic mass is 19.4. The molecular weight excluding hydrogens is 314 g/mol. The Kier molecular flexibility index (Phi) is 5.02. The van der Waals surface area contributed by atoms with Crippen LogP contribution >= 0.6 is 0 Å². The number of carbonyl (C=O) groups is 1. The quantitative estimate of drug-likeness (QED) is 0.676. The average Bonchev–Trinajstić information content (AvgIpc) is 2.85. The number of hydrogen-bond acceptors (Lipinski definition) is 2. The van der Waals surface area contributed by atoms with Gasteiger partial charge < -0.3 is 5.32 Å². The molecular formula is C15H15F4N3O. The molecule has 0 spiro atoms. The van der Waals surface area contributed by atoms with E-state index in [0.717, 1.165) is 6.07 Å². The van der Waals surface area contributed by atoms with Crippen LogP contribution in [0, 0.1) is 12.7 Å². The van der Waals surface area contributed by atoms with Gasteiger partial charge in [0.2, 0.25) is 0 Å². The number of hydrogen-bond donors (Lipinski definition) is 1. The number of rotatable bonds is 5. The molecule has 1 aromatic heterocycles. The van der Waals surface area contributed by atoms with Crippen molar-refractivity contribution < 1.29 is 22.4 Å². The topological polar surface area (TPSA) is 46.9 Å². The SMILES string of the molecule is Cc1cc(C(F)(F)F)nn1CCCNC(=O)c1ccc(F)cc1. The van der Waals surface area contributed by atoms with Gasteiger partial charge in [-0.15, -0.1) is 0 Å². The molecule has 0 aliphatic carbocycles. The molecule has 0 fully saturated rings. The molecule has 0 saturated carbocycles. The minimum atomic E-state index is -4.47. The molecule has 0 aliphatic heterocycles. The number of nitrogens with zero attached hydrogens (tertiary/aromatic N) is 2. The fourth-order valence-electron chi connectivity index (χ4n) is 2.01. The van der Waals surface area contributed by atoms with E-state index in [9.17, 15) is 22.4 Å². The summed E-state index contributed by atoms with van der Waals surface area (Å²) in [5.41, 5.74) is -0.200. The van der Waals surface area contributed by atoms with Crippen LogP contribution in [0.3, 0.4) is 0 Å². The Labute approximate surface area is 130 Å². The molecule has 0 bridgehead atoms. The monoisotopic (exact) mass is 329 g/mol. The molecule has 124 valence electrons. The third-order valence-electron chi connectivity index (χ3n) is 3.21. The number of amides is 1. The van der Waals surface area contributed by atoms with Crippen LogP contribution in [0.1, 0.15) is 28.2 Å². The molecule has 2 rings (SSSR count). The Balaban J connectivity index is 1.82. The fraction of sp³-hybridized carbons (Fsp3) is 0.333. The van der Waals surface area contributed by atoms with Crippen molar-refractivity contribution in [3.63, 3.8) is 0 Å². The number of carbonyl (C=O) groups excluding carboxylic acids is 1. The zero-order valence-corrected chi connectivity index (χ0v) is 12.3. The molecule has 0 atom stereocenters. The van der Waals surface area contributed by atoms with Crippen molar-refractivity contribution in [2.45, 2.75) is 26.1 Å². The number of benzene rings is 1. The van der Waals surface area contributed by atoms with Crippen LogP contribution in [0.25, 0.3) is 0 Å². The molecule has 1 heterocycles. The second kappa shape index (κ2) is 6.80. The van der Waals surface area contributed by atoms with Crippen LogP contribution in [-0.2, 0) is 12.7 Å². The lowest BCUT2D eigenvalue weighted by molar-refractivity contribution is -0.141.